The van der Waals surface area contributed by atoms with E-state index in [-0.39, 0.29) is 40.0 Å². The molecule has 5 fully saturated rings. The van der Waals surface area contributed by atoms with Crippen molar-refractivity contribution >= 4 is 5.97 Å². The molecular formula is C35H60O5. The molecule has 1 saturated heterocycles. The third-order valence-corrected chi connectivity index (χ3v) is 14.0. The SMILES string of the molecule is CCC1C(C)(C)C(OC(C)=O)CCC12CC21CC[C@]2(C)C([C@@]3(C)CCC(C(C)C)O3)C(OCOC)CC[C@@]2(C)C1. The molecule has 1 aliphatic heterocycles. The van der Waals surface area contributed by atoms with Crippen molar-refractivity contribution in [3.8, 4) is 0 Å². The van der Waals surface area contributed by atoms with E-state index >= 15 is 0 Å². The van der Waals surface area contributed by atoms with Crippen LogP contribution in [0.15, 0.2) is 0 Å². The number of esters is 1. The Morgan fingerprint density at radius 3 is 2.27 bits per heavy atom. The Hall–Kier alpha value is -0.650. The molecule has 1 heterocycles. The highest BCUT2D eigenvalue weighted by atomic mass is 16.7. The molecule has 5 aliphatic rings. The van der Waals surface area contributed by atoms with Gasteiger partial charge in [-0.1, -0.05) is 54.9 Å². The standard InChI is InChI=1S/C35H60O5/c1-11-27-30(5,6)28(39-24(4)36)14-17-35(27)21-34(35)19-18-32(8)29(33(9)16-13-25(40-33)23(2)3)26(38-22-37-10)12-15-31(32,7)20-34/h23,25-29H,11-22H2,1-10H3/t25?,26?,27?,28?,29?,31-,32+,33+,34?,35?/m0/s1. The van der Waals surface area contributed by atoms with E-state index in [4.69, 9.17) is 18.9 Å². The minimum atomic E-state index is -0.161. The van der Waals surface area contributed by atoms with E-state index in [1.54, 1.807) is 14.0 Å². The van der Waals surface area contributed by atoms with Gasteiger partial charge in [0.25, 0.3) is 0 Å². The predicted octanol–water partition coefficient (Wildman–Crippen LogP) is 8.33. The molecule has 0 amide bonds. The zero-order chi connectivity index (χ0) is 29.4. The van der Waals surface area contributed by atoms with Gasteiger partial charge in [-0.05, 0) is 105 Å². The zero-order valence-electron chi connectivity index (χ0n) is 27.5. The summed E-state index contributed by atoms with van der Waals surface area (Å²) in [5.74, 6) is 1.37. The molecule has 5 nitrogen and oxygen atoms in total. The van der Waals surface area contributed by atoms with Crippen molar-refractivity contribution < 1.29 is 23.7 Å². The van der Waals surface area contributed by atoms with Gasteiger partial charge in [0.05, 0.1) is 17.8 Å². The Labute approximate surface area is 245 Å². The highest BCUT2D eigenvalue weighted by Crippen LogP contribution is 2.84. The molecule has 5 rings (SSSR count). The molecule has 5 heteroatoms. The Bertz CT molecular complexity index is 961. The van der Waals surface area contributed by atoms with Gasteiger partial charge in [0.15, 0.2) is 0 Å². The third kappa shape index (κ3) is 4.45. The molecule has 10 atom stereocenters. The number of fused-ring (bicyclic) bond motifs is 2. The number of hydrogen-bond donors (Lipinski definition) is 0. The number of ether oxygens (including phenoxy) is 4. The number of hydrogen-bond acceptors (Lipinski definition) is 5. The van der Waals surface area contributed by atoms with Crippen LogP contribution >= 0.6 is 0 Å². The Balaban J connectivity index is 1.45. The maximum Gasteiger partial charge on any atom is 0.302 e. The van der Waals surface area contributed by atoms with E-state index in [9.17, 15) is 4.79 Å². The van der Waals surface area contributed by atoms with Crippen LogP contribution in [0.3, 0.4) is 0 Å². The van der Waals surface area contributed by atoms with Crippen LogP contribution in [0.1, 0.15) is 133 Å². The van der Waals surface area contributed by atoms with Crippen LogP contribution in [0.2, 0.25) is 0 Å². The fourth-order valence-corrected chi connectivity index (χ4v) is 12.0. The van der Waals surface area contributed by atoms with Crippen molar-refractivity contribution in [3.63, 3.8) is 0 Å². The van der Waals surface area contributed by atoms with Gasteiger partial charge in [-0.25, -0.2) is 0 Å². The fraction of sp³-hybridized carbons (Fsp3) is 0.971. The first-order chi connectivity index (χ1) is 18.6. The molecule has 4 saturated carbocycles. The quantitative estimate of drug-likeness (QED) is 0.231. The summed E-state index contributed by atoms with van der Waals surface area (Å²) in [6.45, 7) is 21.3. The normalized spacial score (nSPS) is 49.8. The highest BCUT2D eigenvalue weighted by molar-refractivity contribution is 5.66. The van der Waals surface area contributed by atoms with Crippen LogP contribution in [0, 0.1) is 44.8 Å². The fourth-order valence-electron chi connectivity index (χ4n) is 12.0. The number of rotatable bonds is 7. The summed E-state index contributed by atoms with van der Waals surface area (Å²) in [5, 5.41) is 0. The average Bonchev–Trinajstić information content (AvgIpc) is 3.24. The lowest BCUT2D eigenvalue weighted by molar-refractivity contribution is -0.245. The van der Waals surface area contributed by atoms with Gasteiger partial charge in [-0.15, -0.1) is 0 Å². The molecule has 230 valence electrons. The first-order valence-electron chi connectivity index (χ1n) is 16.6. The van der Waals surface area contributed by atoms with Gasteiger partial charge in [0.1, 0.15) is 12.9 Å². The van der Waals surface area contributed by atoms with Crippen molar-refractivity contribution in [3.05, 3.63) is 0 Å². The summed E-state index contributed by atoms with van der Waals surface area (Å²) in [6, 6.07) is 0. The highest BCUT2D eigenvalue weighted by Gasteiger charge is 2.77. The lowest BCUT2D eigenvalue weighted by Gasteiger charge is -2.65. The molecule has 40 heavy (non-hydrogen) atoms. The van der Waals surface area contributed by atoms with E-state index in [1.165, 1.54) is 44.9 Å². The lowest BCUT2D eigenvalue weighted by Crippen LogP contribution is -2.63. The molecule has 0 radical (unpaired) electrons. The number of carbonyl (C=O) groups is 1. The van der Waals surface area contributed by atoms with Crippen molar-refractivity contribution in [2.24, 2.45) is 44.8 Å². The van der Waals surface area contributed by atoms with Gasteiger partial charge >= 0.3 is 5.97 Å². The van der Waals surface area contributed by atoms with Crippen molar-refractivity contribution in [2.45, 2.75) is 157 Å². The Morgan fingerprint density at radius 2 is 1.68 bits per heavy atom. The summed E-state index contributed by atoms with van der Waals surface area (Å²) in [5.41, 5.74) is 1.07. The van der Waals surface area contributed by atoms with E-state index in [2.05, 4.69) is 55.4 Å². The summed E-state index contributed by atoms with van der Waals surface area (Å²) in [6.07, 6.45) is 13.7. The van der Waals surface area contributed by atoms with Crippen LogP contribution in [0.25, 0.3) is 0 Å². The summed E-state index contributed by atoms with van der Waals surface area (Å²) < 4.78 is 24.9. The second-order valence-electron chi connectivity index (χ2n) is 16.6. The van der Waals surface area contributed by atoms with Crippen LogP contribution in [0.5, 0.6) is 0 Å². The van der Waals surface area contributed by atoms with E-state index in [1.807, 2.05) is 0 Å². The molecule has 0 aromatic rings. The Morgan fingerprint density at radius 1 is 0.950 bits per heavy atom. The predicted molar refractivity (Wildman–Crippen MR) is 159 cm³/mol. The molecule has 0 aromatic carbocycles. The maximum absolute atomic E-state index is 12.0. The smallest absolute Gasteiger partial charge is 0.302 e. The second kappa shape index (κ2) is 10.2. The van der Waals surface area contributed by atoms with Gasteiger partial charge in [-0.3, -0.25) is 4.79 Å². The number of methoxy groups -OCH3 is 1. The van der Waals surface area contributed by atoms with Crippen molar-refractivity contribution in [1.82, 2.24) is 0 Å². The molecule has 0 bridgehead atoms. The van der Waals surface area contributed by atoms with Gasteiger partial charge in [0, 0.05) is 25.4 Å². The second-order valence-corrected chi connectivity index (χ2v) is 16.6. The Kier molecular flexibility index (Phi) is 7.87. The van der Waals surface area contributed by atoms with Crippen LogP contribution in [0.4, 0.5) is 0 Å². The van der Waals surface area contributed by atoms with Gasteiger partial charge in [0.2, 0.25) is 0 Å². The molecule has 2 spiro atoms. The van der Waals surface area contributed by atoms with Gasteiger partial charge < -0.3 is 18.9 Å². The maximum atomic E-state index is 12.0. The first kappa shape index (κ1) is 30.8. The number of carbonyl (C=O) groups excluding carboxylic acids is 1. The molecule has 0 N–H and O–H groups in total. The zero-order valence-corrected chi connectivity index (χ0v) is 27.5. The van der Waals surface area contributed by atoms with Crippen molar-refractivity contribution in [1.29, 1.82) is 0 Å². The first-order valence-corrected chi connectivity index (χ1v) is 16.6. The molecule has 7 unspecified atom stereocenters. The molecule has 0 aromatic heterocycles. The minimum Gasteiger partial charge on any atom is -0.462 e. The largest absolute Gasteiger partial charge is 0.462 e. The van der Waals surface area contributed by atoms with Crippen LogP contribution < -0.4 is 0 Å². The van der Waals surface area contributed by atoms with Crippen LogP contribution in [-0.2, 0) is 23.7 Å². The monoisotopic (exact) mass is 560 g/mol. The molecular weight excluding hydrogens is 500 g/mol. The van der Waals surface area contributed by atoms with Gasteiger partial charge in [-0.2, -0.15) is 0 Å². The van der Waals surface area contributed by atoms with Crippen molar-refractivity contribution in [2.75, 3.05) is 13.9 Å². The minimum absolute atomic E-state index is 0.00896. The summed E-state index contributed by atoms with van der Waals surface area (Å²) in [7, 11) is 1.74. The van der Waals surface area contributed by atoms with E-state index in [0.717, 1.165) is 25.7 Å². The average molecular weight is 561 g/mol. The summed E-state index contributed by atoms with van der Waals surface area (Å²) >= 11 is 0. The van der Waals surface area contributed by atoms with Crippen LogP contribution in [-0.4, -0.2) is 43.8 Å². The third-order valence-electron chi connectivity index (χ3n) is 14.0. The summed E-state index contributed by atoms with van der Waals surface area (Å²) in [4.78, 5) is 12.0. The topological polar surface area (TPSA) is 54.0 Å². The van der Waals surface area contributed by atoms with E-state index < -0.39 is 0 Å². The molecule has 4 aliphatic carbocycles. The lowest BCUT2D eigenvalue weighted by atomic mass is 9.41. The van der Waals surface area contributed by atoms with E-state index in [0.29, 0.717) is 41.5 Å².